The Morgan fingerprint density at radius 2 is 2.32 bits per heavy atom. The molecule has 3 rings (SSSR count). The zero-order valence-electron chi connectivity index (χ0n) is 13.0. The van der Waals surface area contributed by atoms with Gasteiger partial charge in [0.25, 0.3) is 0 Å². The lowest BCUT2D eigenvalue weighted by Crippen LogP contribution is -2.48. The van der Waals surface area contributed by atoms with Crippen molar-refractivity contribution in [2.24, 2.45) is 5.41 Å². The topological polar surface area (TPSA) is 88.7 Å². The summed E-state index contributed by atoms with van der Waals surface area (Å²) in [5, 5.41) is 17.8. The molecule has 1 aliphatic carbocycles. The number of ether oxygens (including phenoxy) is 1. The Bertz CT molecular complexity index is 529. The van der Waals surface area contributed by atoms with Crippen LogP contribution in [0.4, 0.5) is 0 Å². The number of piperidine rings is 1. The number of hydrogen-bond acceptors (Lipinski definition) is 6. The Kier molecular flexibility index (Phi) is 4.44. The molecule has 7 nitrogen and oxygen atoms in total. The lowest BCUT2D eigenvalue weighted by atomic mass is 9.77. The fraction of sp³-hybridized carbons (Fsp3) is 0.800. The van der Waals surface area contributed by atoms with Crippen molar-refractivity contribution in [1.82, 2.24) is 15.1 Å². The first-order valence-corrected chi connectivity index (χ1v) is 7.90. The van der Waals surface area contributed by atoms with E-state index in [2.05, 4.69) is 15.1 Å². The van der Waals surface area contributed by atoms with Crippen LogP contribution in [-0.2, 0) is 16.1 Å². The fourth-order valence-corrected chi connectivity index (χ4v) is 3.16. The molecule has 0 radical (unpaired) electrons. The van der Waals surface area contributed by atoms with E-state index in [1.54, 1.807) is 7.11 Å². The van der Waals surface area contributed by atoms with Crippen molar-refractivity contribution in [2.45, 2.75) is 44.6 Å². The highest BCUT2D eigenvalue weighted by Crippen LogP contribution is 2.39. The highest BCUT2D eigenvalue weighted by atomic mass is 16.5. The van der Waals surface area contributed by atoms with E-state index in [0.717, 1.165) is 31.7 Å². The third-order valence-corrected chi connectivity index (χ3v) is 4.66. The van der Waals surface area contributed by atoms with Crippen molar-refractivity contribution >= 4 is 5.97 Å². The molecule has 2 fully saturated rings. The van der Waals surface area contributed by atoms with E-state index in [1.165, 1.54) is 0 Å². The molecule has 122 valence electrons. The first kappa shape index (κ1) is 15.4. The summed E-state index contributed by atoms with van der Waals surface area (Å²) in [5.41, 5.74) is -0.729. The minimum Gasteiger partial charge on any atom is -0.481 e. The van der Waals surface area contributed by atoms with E-state index in [0.29, 0.717) is 44.3 Å². The van der Waals surface area contributed by atoms with E-state index in [4.69, 9.17) is 9.15 Å². The van der Waals surface area contributed by atoms with Gasteiger partial charge in [-0.05, 0) is 38.6 Å². The zero-order valence-corrected chi connectivity index (χ0v) is 13.0. The third kappa shape index (κ3) is 3.30. The summed E-state index contributed by atoms with van der Waals surface area (Å²) in [6.45, 7) is 2.37. The van der Waals surface area contributed by atoms with E-state index in [9.17, 15) is 9.90 Å². The molecule has 1 atom stereocenters. The van der Waals surface area contributed by atoms with Gasteiger partial charge < -0.3 is 14.3 Å². The summed E-state index contributed by atoms with van der Waals surface area (Å²) in [7, 11) is 1.61. The van der Waals surface area contributed by atoms with Crippen molar-refractivity contribution < 1.29 is 19.1 Å². The van der Waals surface area contributed by atoms with Crippen LogP contribution in [0, 0.1) is 5.41 Å². The Morgan fingerprint density at radius 1 is 1.50 bits per heavy atom. The van der Waals surface area contributed by atoms with E-state index < -0.39 is 11.4 Å². The van der Waals surface area contributed by atoms with E-state index >= 15 is 0 Å². The van der Waals surface area contributed by atoms with Gasteiger partial charge in [0.05, 0.1) is 12.0 Å². The number of carboxylic acids is 1. The normalized spacial score (nSPS) is 26.2. The van der Waals surface area contributed by atoms with Crippen LogP contribution in [0.1, 0.15) is 49.8 Å². The van der Waals surface area contributed by atoms with Crippen LogP contribution >= 0.6 is 0 Å². The third-order valence-electron chi connectivity index (χ3n) is 4.66. The number of carboxylic acid groups (broad SMARTS) is 1. The van der Waals surface area contributed by atoms with Gasteiger partial charge in [-0.2, -0.15) is 0 Å². The largest absolute Gasteiger partial charge is 0.481 e. The second-order valence-corrected chi connectivity index (χ2v) is 6.45. The van der Waals surface area contributed by atoms with Gasteiger partial charge >= 0.3 is 5.97 Å². The molecule has 1 aromatic rings. The molecule has 1 saturated carbocycles. The number of carbonyl (C=O) groups is 1. The highest BCUT2D eigenvalue weighted by molar-refractivity contribution is 5.75. The van der Waals surface area contributed by atoms with Crippen molar-refractivity contribution in [3.63, 3.8) is 0 Å². The quantitative estimate of drug-likeness (QED) is 0.819. The average molecular weight is 309 g/mol. The van der Waals surface area contributed by atoms with Crippen molar-refractivity contribution in [3.8, 4) is 0 Å². The van der Waals surface area contributed by atoms with Gasteiger partial charge in [0.15, 0.2) is 0 Å². The first-order valence-electron chi connectivity index (χ1n) is 7.90. The lowest BCUT2D eigenvalue weighted by Gasteiger charge is -2.39. The van der Waals surface area contributed by atoms with Crippen LogP contribution in [0.5, 0.6) is 0 Å². The van der Waals surface area contributed by atoms with Crippen LogP contribution in [0.3, 0.4) is 0 Å². The second-order valence-electron chi connectivity index (χ2n) is 6.45. The summed E-state index contributed by atoms with van der Waals surface area (Å²) in [6.07, 6.45) is 4.35. The molecule has 0 bridgehead atoms. The highest BCUT2D eigenvalue weighted by Gasteiger charge is 2.42. The molecule has 2 heterocycles. The minimum atomic E-state index is -0.738. The molecule has 1 aromatic heterocycles. The monoisotopic (exact) mass is 309 g/mol. The van der Waals surface area contributed by atoms with Crippen LogP contribution in [0.25, 0.3) is 0 Å². The van der Waals surface area contributed by atoms with Gasteiger partial charge in [-0.15, -0.1) is 10.2 Å². The summed E-state index contributed by atoms with van der Waals surface area (Å²) in [5.74, 6) is 1.03. The predicted molar refractivity (Wildman–Crippen MR) is 77.3 cm³/mol. The number of nitrogens with zero attached hydrogens (tertiary/aromatic N) is 3. The molecule has 2 aliphatic rings. The number of aromatic nitrogens is 2. The van der Waals surface area contributed by atoms with Crippen LogP contribution in [0.15, 0.2) is 4.42 Å². The first-order chi connectivity index (χ1) is 10.6. The summed E-state index contributed by atoms with van der Waals surface area (Å²) < 4.78 is 10.8. The molecule has 22 heavy (non-hydrogen) atoms. The summed E-state index contributed by atoms with van der Waals surface area (Å²) in [4.78, 5) is 13.9. The van der Waals surface area contributed by atoms with Gasteiger partial charge in [-0.1, -0.05) is 0 Å². The van der Waals surface area contributed by atoms with Crippen LogP contribution < -0.4 is 0 Å². The molecule has 0 aromatic carbocycles. The van der Waals surface area contributed by atoms with Crippen molar-refractivity contribution in [2.75, 3.05) is 26.8 Å². The molecule has 7 heteroatoms. The van der Waals surface area contributed by atoms with Gasteiger partial charge in [-0.25, -0.2) is 0 Å². The summed E-state index contributed by atoms with van der Waals surface area (Å²) in [6, 6.07) is 0. The van der Waals surface area contributed by atoms with Crippen molar-refractivity contribution in [1.29, 1.82) is 0 Å². The van der Waals surface area contributed by atoms with E-state index in [-0.39, 0.29) is 0 Å². The zero-order chi connectivity index (χ0) is 15.6. The molecule has 0 spiro atoms. The standard InChI is InChI=1S/C15H23N3O4/c1-21-8-6-15(14(19)20)5-2-7-18(10-15)9-12-16-17-13(22-12)11-3-4-11/h11H,2-10H2,1H3,(H,19,20)/t15-/m1/s1. The van der Waals surface area contributed by atoms with Gasteiger partial charge in [0, 0.05) is 26.2 Å². The molecular formula is C15H23N3O4. The minimum absolute atomic E-state index is 0.447. The van der Waals surface area contributed by atoms with Gasteiger partial charge in [0.2, 0.25) is 11.8 Å². The number of methoxy groups -OCH3 is 1. The average Bonchev–Trinajstić information content (AvgIpc) is 3.26. The Labute approximate surface area is 129 Å². The summed E-state index contributed by atoms with van der Waals surface area (Å²) >= 11 is 0. The Morgan fingerprint density at radius 3 is 3.00 bits per heavy atom. The maximum absolute atomic E-state index is 11.7. The molecule has 0 unspecified atom stereocenters. The van der Waals surface area contributed by atoms with E-state index in [1.807, 2.05) is 0 Å². The number of hydrogen-bond donors (Lipinski definition) is 1. The molecular weight excluding hydrogens is 286 g/mol. The van der Waals surface area contributed by atoms with Crippen LogP contribution in [-0.4, -0.2) is 53.0 Å². The molecule has 1 saturated heterocycles. The molecule has 0 amide bonds. The maximum atomic E-state index is 11.7. The SMILES string of the molecule is COCC[C@]1(C(=O)O)CCCN(Cc2nnc(C3CC3)o2)C1. The fourth-order valence-electron chi connectivity index (χ4n) is 3.16. The Hall–Kier alpha value is -1.47. The smallest absolute Gasteiger partial charge is 0.311 e. The Balaban J connectivity index is 1.64. The number of likely N-dealkylation sites (tertiary alicyclic amines) is 1. The maximum Gasteiger partial charge on any atom is 0.311 e. The van der Waals surface area contributed by atoms with Crippen molar-refractivity contribution in [3.05, 3.63) is 11.8 Å². The lowest BCUT2D eigenvalue weighted by molar-refractivity contribution is -0.154. The number of rotatable bonds is 7. The predicted octanol–water partition coefficient (Wildman–Crippen LogP) is 1.65. The molecule has 1 aliphatic heterocycles. The van der Waals surface area contributed by atoms with Gasteiger partial charge in [0.1, 0.15) is 0 Å². The van der Waals surface area contributed by atoms with Crippen LogP contribution in [0.2, 0.25) is 0 Å². The second kappa shape index (κ2) is 6.34. The molecule has 1 N–H and O–H groups in total. The van der Waals surface area contributed by atoms with Gasteiger partial charge in [-0.3, -0.25) is 9.69 Å². The number of aliphatic carboxylic acids is 1.